The van der Waals surface area contributed by atoms with E-state index in [1.807, 2.05) is 33.2 Å². The number of aryl methyl sites for hydroxylation is 1. The summed E-state index contributed by atoms with van der Waals surface area (Å²) in [5.41, 5.74) is 3.67. The van der Waals surface area contributed by atoms with Gasteiger partial charge in [0.25, 0.3) is 0 Å². The summed E-state index contributed by atoms with van der Waals surface area (Å²) in [6.07, 6.45) is 5.31. The Morgan fingerprint density at radius 2 is 1.74 bits per heavy atom. The molecule has 9 nitrogen and oxygen atoms in total. The zero-order valence-electron chi connectivity index (χ0n) is 21.1. The largest absolute Gasteiger partial charge is 0.457 e. The highest BCUT2D eigenvalue weighted by molar-refractivity contribution is 5.99. The molecule has 0 aliphatic rings. The highest BCUT2D eigenvalue weighted by Gasteiger charge is 2.15. The van der Waals surface area contributed by atoms with Crippen molar-refractivity contribution in [2.24, 2.45) is 7.05 Å². The Morgan fingerprint density at radius 3 is 2.42 bits per heavy atom. The van der Waals surface area contributed by atoms with Crippen LogP contribution in [-0.2, 0) is 7.05 Å². The third kappa shape index (κ3) is 5.70. The third-order valence-electron chi connectivity index (χ3n) is 5.71. The number of ether oxygens (including phenoxy) is 1. The van der Waals surface area contributed by atoms with Crippen LogP contribution in [0.5, 0.6) is 11.5 Å². The van der Waals surface area contributed by atoms with E-state index in [1.165, 1.54) is 12.1 Å². The first-order valence-electron chi connectivity index (χ1n) is 12.0. The molecule has 0 saturated carbocycles. The quantitative estimate of drug-likeness (QED) is 0.265. The van der Waals surface area contributed by atoms with Gasteiger partial charge in [-0.2, -0.15) is 10.2 Å². The molecule has 0 fully saturated rings. The summed E-state index contributed by atoms with van der Waals surface area (Å²) >= 11 is 0. The molecule has 0 atom stereocenters. The standard InChI is InChI=1S/C28H26FN7O2/c1-18(2)25-15-27(36(34-25)22-8-4-20(29)5-9-22)33-28(37)32-21-6-10-23(11-7-21)38-24-12-13-30-26(14-24)19-16-31-35(3)17-19/h4-18H,1-3H3,(H2,32,33,37). The van der Waals surface area contributed by atoms with Gasteiger partial charge in [0.15, 0.2) is 0 Å². The molecule has 38 heavy (non-hydrogen) atoms. The number of pyridine rings is 1. The van der Waals surface area contributed by atoms with E-state index < -0.39 is 6.03 Å². The minimum Gasteiger partial charge on any atom is -0.457 e. The molecule has 0 spiro atoms. The summed E-state index contributed by atoms with van der Waals surface area (Å²) in [7, 11) is 1.85. The number of nitrogens with one attached hydrogen (secondary N) is 2. The van der Waals surface area contributed by atoms with Crippen LogP contribution in [0.2, 0.25) is 0 Å². The first-order valence-corrected chi connectivity index (χ1v) is 12.0. The summed E-state index contributed by atoms with van der Waals surface area (Å²) < 4.78 is 22.7. The monoisotopic (exact) mass is 511 g/mol. The van der Waals surface area contributed by atoms with E-state index in [2.05, 4.69) is 25.8 Å². The first kappa shape index (κ1) is 24.7. The van der Waals surface area contributed by atoms with Crippen LogP contribution < -0.4 is 15.4 Å². The number of amides is 2. The van der Waals surface area contributed by atoms with E-state index in [1.54, 1.807) is 70.3 Å². The van der Waals surface area contributed by atoms with Crippen LogP contribution in [0.4, 0.5) is 20.7 Å². The number of carbonyl (C=O) groups is 1. The van der Waals surface area contributed by atoms with Gasteiger partial charge in [0.1, 0.15) is 23.1 Å². The summed E-state index contributed by atoms with van der Waals surface area (Å²) in [5, 5.41) is 14.4. The number of urea groups is 1. The van der Waals surface area contributed by atoms with Crippen LogP contribution in [0.3, 0.4) is 0 Å². The second-order valence-electron chi connectivity index (χ2n) is 8.98. The van der Waals surface area contributed by atoms with Crippen LogP contribution >= 0.6 is 0 Å². The fourth-order valence-corrected chi connectivity index (χ4v) is 3.76. The molecule has 3 aromatic heterocycles. The Kier molecular flexibility index (Phi) is 6.86. The van der Waals surface area contributed by atoms with Crippen molar-refractivity contribution in [1.82, 2.24) is 24.5 Å². The highest BCUT2D eigenvalue weighted by atomic mass is 19.1. The number of hydrogen-bond donors (Lipinski definition) is 2. The van der Waals surface area contributed by atoms with Gasteiger partial charge in [-0.05, 0) is 60.5 Å². The second-order valence-corrected chi connectivity index (χ2v) is 8.98. The van der Waals surface area contributed by atoms with Crippen molar-refractivity contribution in [3.63, 3.8) is 0 Å². The minimum atomic E-state index is -0.438. The number of benzene rings is 2. The van der Waals surface area contributed by atoms with Gasteiger partial charge >= 0.3 is 6.03 Å². The number of aromatic nitrogens is 5. The average molecular weight is 512 g/mol. The van der Waals surface area contributed by atoms with Crippen molar-refractivity contribution < 1.29 is 13.9 Å². The van der Waals surface area contributed by atoms with E-state index in [4.69, 9.17) is 4.74 Å². The summed E-state index contributed by atoms with van der Waals surface area (Å²) in [6, 6.07) is 17.9. The molecule has 10 heteroatoms. The normalized spacial score (nSPS) is 11.0. The van der Waals surface area contributed by atoms with Crippen LogP contribution in [0.1, 0.15) is 25.5 Å². The van der Waals surface area contributed by atoms with E-state index in [-0.39, 0.29) is 11.7 Å². The molecule has 3 heterocycles. The second kappa shape index (κ2) is 10.6. The summed E-state index contributed by atoms with van der Waals surface area (Å²) in [6.45, 7) is 4.02. The van der Waals surface area contributed by atoms with Gasteiger partial charge in [-0.15, -0.1) is 0 Å². The molecule has 2 N–H and O–H groups in total. The highest BCUT2D eigenvalue weighted by Crippen LogP contribution is 2.27. The lowest BCUT2D eigenvalue weighted by atomic mass is 10.1. The zero-order valence-corrected chi connectivity index (χ0v) is 21.1. The summed E-state index contributed by atoms with van der Waals surface area (Å²) in [5.74, 6) is 1.51. The van der Waals surface area contributed by atoms with Gasteiger partial charge in [-0.3, -0.25) is 15.0 Å². The topological polar surface area (TPSA) is 98.9 Å². The fourth-order valence-electron chi connectivity index (χ4n) is 3.76. The van der Waals surface area contributed by atoms with E-state index >= 15 is 0 Å². The Bertz CT molecular complexity index is 1560. The summed E-state index contributed by atoms with van der Waals surface area (Å²) in [4.78, 5) is 17.2. The van der Waals surface area contributed by atoms with Gasteiger partial charge in [-0.25, -0.2) is 13.9 Å². The molecule has 192 valence electrons. The Morgan fingerprint density at radius 1 is 0.974 bits per heavy atom. The van der Waals surface area contributed by atoms with Crippen LogP contribution in [0.15, 0.2) is 85.3 Å². The Balaban J connectivity index is 1.25. The number of rotatable bonds is 7. The van der Waals surface area contributed by atoms with Gasteiger partial charge < -0.3 is 10.1 Å². The molecule has 2 amide bonds. The number of hydrogen-bond acceptors (Lipinski definition) is 5. The predicted octanol–water partition coefficient (Wildman–Crippen LogP) is 6.37. The van der Waals surface area contributed by atoms with E-state index in [0.29, 0.717) is 28.7 Å². The molecular weight excluding hydrogens is 485 g/mol. The molecule has 0 unspecified atom stereocenters. The van der Waals surface area contributed by atoms with Crippen molar-refractivity contribution in [2.45, 2.75) is 19.8 Å². The predicted molar refractivity (Wildman–Crippen MR) is 143 cm³/mol. The van der Waals surface area contributed by atoms with E-state index in [0.717, 1.165) is 17.0 Å². The van der Waals surface area contributed by atoms with Crippen molar-refractivity contribution in [3.8, 4) is 28.4 Å². The molecule has 0 radical (unpaired) electrons. The lowest BCUT2D eigenvalue weighted by Gasteiger charge is -2.11. The molecule has 5 aromatic rings. The number of anilines is 2. The maximum Gasteiger partial charge on any atom is 0.324 e. The minimum absolute atomic E-state index is 0.147. The van der Waals surface area contributed by atoms with Gasteiger partial charge in [0, 0.05) is 42.8 Å². The van der Waals surface area contributed by atoms with Crippen molar-refractivity contribution >= 4 is 17.5 Å². The lowest BCUT2D eigenvalue weighted by Crippen LogP contribution is -2.21. The van der Waals surface area contributed by atoms with E-state index in [9.17, 15) is 9.18 Å². The van der Waals surface area contributed by atoms with Crippen LogP contribution in [0.25, 0.3) is 16.9 Å². The SMILES string of the molecule is CC(C)c1cc(NC(=O)Nc2ccc(Oc3ccnc(-c4cnn(C)c4)c3)cc2)n(-c2ccc(F)cc2)n1. The number of halogens is 1. The maximum absolute atomic E-state index is 13.4. The van der Waals surface area contributed by atoms with Gasteiger partial charge in [0.05, 0.1) is 23.3 Å². The number of nitrogens with zero attached hydrogens (tertiary/aromatic N) is 5. The molecule has 2 aromatic carbocycles. The smallest absolute Gasteiger partial charge is 0.324 e. The molecular formula is C28H26FN7O2. The molecule has 0 aliphatic carbocycles. The zero-order chi connectivity index (χ0) is 26.6. The number of carbonyl (C=O) groups excluding carboxylic acids is 1. The fraction of sp³-hybridized carbons (Fsp3) is 0.143. The van der Waals surface area contributed by atoms with Crippen LogP contribution in [-0.4, -0.2) is 30.6 Å². The van der Waals surface area contributed by atoms with Gasteiger partial charge in [-0.1, -0.05) is 13.8 Å². The van der Waals surface area contributed by atoms with Crippen molar-refractivity contribution in [1.29, 1.82) is 0 Å². The molecule has 0 aliphatic heterocycles. The van der Waals surface area contributed by atoms with Crippen molar-refractivity contribution in [3.05, 3.63) is 96.8 Å². The first-order chi connectivity index (χ1) is 18.3. The maximum atomic E-state index is 13.4. The Hall–Kier alpha value is -4.99. The molecule has 0 saturated heterocycles. The lowest BCUT2D eigenvalue weighted by molar-refractivity contribution is 0.262. The Labute approximate surface area is 218 Å². The van der Waals surface area contributed by atoms with Crippen molar-refractivity contribution in [2.75, 3.05) is 10.6 Å². The average Bonchev–Trinajstić information content (AvgIpc) is 3.52. The molecule has 5 rings (SSSR count). The van der Waals surface area contributed by atoms with Gasteiger partial charge in [0.2, 0.25) is 0 Å². The third-order valence-corrected chi connectivity index (χ3v) is 5.71. The van der Waals surface area contributed by atoms with Crippen LogP contribution in [0, 0.1) is 5.82 Å². The molecule has 0 bridgehead atoms.